The third kappa shape index (κ3) is 5.55. The van der Waals surface area contributed by atoms with Gasteiger partial charge in [-0.1, -0.05) is 11.8 Å². The number of nitrogens with two attached hydrogens (primary N) is 1. The van der Waals surface area contributed by atoms with E-state index in [2.05, 4.69) is 5.32 Å². The number of rotatable bonds is 6. The van der Waals surface area contributed by atoms with Crippen LogP contribution in [-0.2, 0) is 26.2 Å². The lowest BCUT2D eigenvalue weighted by molar-refractivity contribution is -0.141. The largest absolute Gasteiger partial charge is 0.341 e. The normalized spacial score (nSPS) is 14.6. The van der Waals surface area contributed by atoms with Crippen LogP contribution in [0.15, 0.2) is 41.3 Å². The fraction of sp³-hybridized carbons (Fsp3) is 0.286. The van der Waals surface area contributed by atoms with Crippen molar-refractivity contribution in [2.75, 3.05) is 18.4 Å². The second-order valence-corrected chi connectivity index (χ2v) is 8.40. The molecule has 3 rings (SSSR count). The number of carbonyl (C=O) groups excluding carboxylic acids is 2. The van der Waals surface area contributed by atoms with E-state index in [1.54, 1.807) is 18.2 Å². The van der Waals surface area contributed by atoms with E-state index in [0.717, 1.165) is 6.07 Å². The van der Waals surface area contributed by atoms with Crippen molar-refractivity contribution in [3.05, 3.63) is 59.4 Å². The molecule has 31 heavy (non-hydrogen) atoms. The number of hydrogen-bond donors (Lipinski definition) is 2. The van der Waals surface area contributed by atoms with E-state index < -0.39 is 39.6 Å². The Bertz CT molecular complexity index is 1150. The van der Waals surface area contributed by atoms with Crippen molar-refractivity contribution < 1.29 is 27.0 Å². The van der Waals surface area contributed by atoms with Crippen LogP contribution < -0.4 is 11.1 Å². The highest BCUT2D eigenvalue weighted by Gasteiger charge is 2.36. The van der Waals surface area contributed by atoms with Gasteiger partial charge in [0.1, 0.15) is 5.82 Å². The summed E-state index contributed by atoms with van der Waals surface area (Å²) in [6.07, 6.45) is -0.261. The number of benzene rings is 2. The number of amides is 2. The maximum absolute atomic E-state index is 13.7. The van der Waals surface area contributed by atoms with E-state index in [1.165, 1.54) is 11.0 Å². The summed E-state index contributed by atoms with van der Waals surface area (Å²) in [5.74, 6) is -4.44. The van der Waals surface area contributed by atoms with Gasteiger partial charge in [0, 0.05) is 37.3 Å². The average Bonchev–Trinajstić information content (AvgIpc) is 2.65. The van der Waals surface area contributed by atoms with Crippen molar-refractivity contribution in [3.8, 4) is 5.69 Å². The van der Waals surface area contributed by atoms with Gasteiger partial charge in [0.25, 0.3) is 0 Å². The second kappa shape index (κ2) is 9.38. The highest BCUT2D eigenvalue weighted by molar-refractivity contribution is 7.73. The van der Waals surface area contributed by atoms with Gasteiger partial charge in [0.15, 0.2) is 11.6 Å². The molecule has 0 aliphatic carbocycles. The highest BCUT2D eigenvalue weighted by Crippen LogP contribution is 2.21. The number of nitrogens with one attached hydrogen (secondary N) is 1. The zero-order chi connectivity index (χ0) is 22.7. The minimum absolute atomic E-state index is 0.110. The van der Waals surface area contributed by atoms with Crippen LogP contribution in [0.4, 0.5) is 18.9 Å². The van der Waals surface area contributed by atoms with Crippen LogP contribution in [0.25, 0.3) is 0 Å². The quantitative estimate of drug-likeness (QED) is 0.659. The molecule has 0 bridgehead atoms. The van der Waals surface area contributed by atoms with E-state index in [9.17, 15) is 27.0 Å². The minimum Gasteiger partial charge on any atom is -0.341 e. The summed E-state index contributed by atoms with van der Waals surface area (Å²) in [7, 11) is -1.67. The highest BCUT2D eigenvalue weighted by atomic mass is 32.2. The fourth-order valence-corrected chi connectivity index (χ4v) is 3.68. The smallest absolute Gasteiger partial charge is 0.231 e. The molecule has 164 valence electrons. The molecular formula is C21H20F3N3O3S. The molecule has 0 unspecified atom stereocenters. The number of halogens is 3. The molecule has 6 nitrogen and oxygen atoms in total. The zero-order valence-electron chi connectivity index (χ0n) is 16.3. The predicted octanol–water partition coefficient (Wildman–Crippen LogP) is 2.16. The Labute approximate surface area is 178 Å². The number of carbonyl (C=O) groups is 2. The molecule has 2 aromatic carbocycles. The summed E-state index contributed by atoms with van der Waals surface area (Å²) >= 11 is 0. The van der Waals surface area contributed by atoms with Gasteiger partial charge >= 0.3 is 0 Å². The number of nitrogens with zero attached hydrogens (tertiary/aromatic N) is 1. The molecule has 0 spiro atoms. The Balaban J connectivity index is 1.48. The van der Waals surface area contributed by atoms with E-state index in [0.29, 0.717) is 16.6 Å². The maximum Gasteiger partial charge on any atom is 0.231 e. The molecule has 3 N–H and O–H groups in total. The predicted molar refractivity (Wildman–Crippen MR) is 109 cm³/mol. The van der Waals surface area contributed by atoms with Crippen molar-refractivity contribution >= 4 is 27.7 Å². The van der Waals surface area contributed by atoms with Crippen LogP contribution in [0.5, 0.6) is 0 Å². The Morgan fingerprint density at radius 3 is 2.52 bits per heavy atom. The van der Waals surface area contributed by atoms with Gasteiger partial charge in [0.2, 0.25) is 11.8 Å². The molecule has 0 saturated carbocycles. The first-order chi connectivity index (χ1) is 14.6. The summed E-state index contributed by atoms with van der Waals surface area (Å²) in [5.41, 5.74) is 11.5. The molecule has 0 aromatic heterocycles. The first kappa shape index (κ1) is 22.6. The van der Waals surface area contributed by atoms with Crippen molar-refractivity contribution in [2.24, 2.45) is 11.7 Å². The average molecular weight is 451 g/mol. The lowest BCUT2D eigenvalue weighted by Gasteiger charge is -2.38. The SMILES string of the molecule is C#S(=O)c1cccc(NC(=O)C2CN(C(=O)C[C@H](N)Cc3cc(F)c(F)cc3F)C2)c1. The Morgan fingerprint density at radius 1 is 1.16 bits per heavy atom. The van der Waals surface area contributed by atoms with Crippen LogP contribution in [0.2, 0.25) is 0 Å². The molecule has 1 heterocycles. The van der Waals surface area contributed by atoms with Crippen molar-refractivity contribution in [1.29, 1.82) is 0 Å². The number of anilines is 1. The van der Waals surface area contributed by atoms with Gasteiger partial charge in [0.05, 0.1) is 21.0 Å². The van der Waals surface area contributed by atoms with Crippen LogP contribution in [0, 0.1) is 29.1 Å². The summed E-state index contributed by atoms with van der Waals surface area (Å²) in [6, 6.07) is 6.71. The third-order valence-corrected chi connectivity index (χ3v) is 5.67. The number of likely N-dealkylation sites (tertiary alicyclic amines) is 1. The molecule has 2 aromatic rings. The van der Waals surface area contributed by atoms with Gasteiger partial charge in [-0.15, -0.1) is 0 Å². The van der Waals surface area contributed by atoms with E-state index in [1.807, 2.05) is 0 Å². The third-order valence-electron chi connectivity index (χ3n) is 4.95. The molecule has 1 fully saturated rings. The monoisotopic (exact) mass is 451 g/mol. The van der Waals surface area contributed by atoms with Crippen LogP contribution in [-0.4, -0.2) is 40.1 Å². The maximum atomic E-state index is 13.7. The van der Waals surface area contributed by atoms with Crippen molar-refractivity contribution in [3.63, 3.8) is 0 Å². The first-order valence-electron chi connectivity index (χ1n) is 9.38. The van der Waals surface area contributed by atoms with Gasteiger partial charge in [-0.3, -0.25) is 9.59 Å². The summed E-state index contributed by atoms with van der Waals surface area (Å²) < 4.78 is 51.3. The molecule has 1 aliphatic heterocycles. The molecule has 0 radical (unpaired) electrons. The van der Waals surface area contributed by atoms with Crippen molar-refractivity contribution in [2.45, 2.75) is 23.8 Å². The lowest BCUT2D eigenvalue weighted by atomic mass is 9.96. The zero-order valence-corrected chi connectivity index (χ0v) is 17.1. The molecule has 1 aliphatic rings. The van der Waals surface area contributed by atoms with Crippen LogP contribution in [0.3, 0.4) is 0 Å². The fourth-order valence-electron chi connectivity index (χ4n) is 3.22. The van der Waals surface area contributed by atoms with Crippen LogP contribution in [0.1, 0.15) is 12.0 Å². The van der Waals surface area contributed by atoms with Gasteiger partial charge in [-0.2, -0.15) is 0 Å². The molecule has 2 amide bonds. The Kier molecular flexibility index (Phi) is 6.84. The summed E-state index contributed by atoms with van der Waals surface area (Å²) in [5, 5.41) is 2.69. The second-order valence-electron chi connectivity index (χ2n) is 7.34. The molecule has 1 atom stereocenters. The molecule has 10 heteroatoms. The first-order valence-corrected chi connectivity index (χ1v) is 10.6. The van der Waals surface area contributed by atoms with E-state index >= 15 is 0 Å². The Hall–Kier alpha value is -3.07. The Morgan fingerprint density at radius 2 is 1.84 bits per heavy atom. The van der Waals surface area contributed by atoms with Gasteiger partial charge in [-0.25, -0.2) is 17.4 Å². The van der Waals surface area contributed by atoms with Crippen molar-refractivity contribution in [1.82, 2.24) is 4.90 Å². The lowest BCUT2D eigenvalue weighted by Crippen LogP contribution is -2.55. The molecule has 1 saturated heterocycles. The van der Waals surface area contributed by atoms with E-state index in [-0.39, 0.29) is 43.3 Å². The van der Waals surface area contributed by atoms with Gasteiger partial charge in [-0.05, 0) is 36.2 Å². The number of hydrogen-bond acceptors (Lipinski definition) is 4. The van der Waals surface area contributed by atoms with E-state index in [4.69, 9.17) is 11.4 Å². The standard InChI is InChI=1S/C21H20F3N3O3S/c1-31(30)16-4-2-3-15(8-16)26-21(29)13-10-27(11-13)20(28)7-14(25)5-12-6-18(23)19(24)9-17(12)22/h1-4,6,8-9,13-14H,5,7,10-11,25H2,(H,26,29)/t14-/m1/s1. The summed E-state index contributed by atoms with van der Waals surface area (Å²) in [4.78, 5) is 26.4. The summed E-state index contributed by atoms with van der Waals surface area (Å²) in [6.45, 7) is 0.388. The molecular weight excluding hydrogens is 431 g/mol. The van der Waals surface area contributed by atoms with Crippen LogP contribution >= 0.6 is 0 Å². The topological polar surface area (TPSA) is 92.5 Å². The van der Waals surface area contributed by atoms with Gasteiger partial charge < -0.3 is 16.0 Å². The minimum atomic E-state index is -1.67.